The number of aliphatic carboxylic acids is 1. The third kappa shape index (κ3) is 5.88. The van der Waals surface area contributed by atoms with Crippen LogP contribution in [0.3, 0.4) is 0 Å². The number of hydrogen-bond acceptors (Lipinski definition) is 8. The Bertz CT molecular complexity index is 1450. The molecule has 0 aliphatic carbocycles. The number of benzene rings is 1. The first-order valence-electron chi connectivity index (χ1n) is 13.7. The standard InChI is InChI=1S/C29H33ClFN5O5S/c1-4-41-26(37)23-19(18-6-5-7-20(31)24(18)30)12-21(25-32-8-11-42-25)33-22(23)15-34-9-10-36-17(13-34)14-35(28(36)40)16-29(2,3)27(38)39/h5-8,11-12,17,19,33H,4,9-10,13-16H2,1-3H3,(H,38,39)/t17?,19-/m0/s1. The summed E-state index contributed by atoms with van der Waals surface area (Å²) in [5.74, 6) is -2.76. The molecule has 0 bridgehead atoms. The van der Waals surface area contributed by atoms with Crippen LogP contribution in [-0.2, 0) is 14.3 Å². The fraction of sp³-hybridized carbons (Fsp3) is 0.448. The number of aromatic nitrogens is 1. The summed E-state index contributed by atoms with van der Waals surface area (Å²) in [7, 11) is 0. The molecule has 2 N–H and O–H groups in total. The van der Waals surface area contributed by atoms with Crippen LogP contribution in [0, 0.1) is 11.2 Å². The Morgan fingerprint density at radius 2 is 2.07 bits per heavy atom. The second-order valence-electron chi connectivity index (χ2n) is 11.2. The maximum Gasteiger partial charge on any atom is 0.336 e. The highest BCUT2D eigenvalue weighted by molar-refractivity contribution is 7.10. The van der Waals surface area contributed by atoms with Crippen molar-refractivity contribution in [3.8, 4) is 0 Å². The van der Waals surface area contributed by atoms with Crippen LogP contribution >= 0.6 is 22.9 Å². The van der Waals surface area contributed by atoms with E-state index in [2.05, 4.69) is 15.2 Å². The molecule has 2 amide bonds. The maximum absolute atomic E-state index is 14.6. The Morgan fingerprint density at radius 1 is 1.29 bits per heavy atom. The minimum absolute atomic E-state index is 0.0669. The smallest absolute Gasteiger partial charge is 0.336 e. The number of carbonyl (C=O) groups excluding carboxylic acids is 2. The molecule has 2 fully saturated rings. The summed E-state index contributed by atoms with van der Waals surface area (Å²) in [6.45, 7) is 7.50. The number of fused-ring (bicyclic) bond motifs is 1. The number of dihydropyridines is 1. The molecule has 1 aromatic heterocycles. The summed E-state index contributed by atoms with van der Waals surface area (Å²) in [6, 6.07) is 4.24. The lowest BCUT2D eigenvalue weighted by Gasteiger charge is -2.38. The molecule has 4 heterocycles. The van der Waals surface area contributed by atoms with Crippen molar-refractivity contribution in [1.82, 2.24) is 25.0 Å². The van der Waals surface area contributed by atoms with E-state index in [4.69, 9.17) is 16.3 Å². The third-order valence-corrected chi connectivity index (χ3v) is 9.00. The molecule has 5 rings (SSSR count). The predicted octanol–water partition coefficient (Wildman–Crippen LogP) is 4.01. The van der Waals surface area contributed by atoms with Crippen LogP contribution in [0.4, 0.5) is 9.18 Å². The monoisotopic (exact) mass is 617 g/mol. The number of nitrogens with one attached hydrogen (secondary N) is 1. The second-order valence-corrected chi connectivity index (χ2v) is 12.5. The summed E-state index contributed by atoms with van der Waals surface area (Å²) in [4.78, 5) is 48.2. The number of urea groups is 1. The predicted molar refractivity (Wildman–Crippen MR) is 156 cm³/mol. The average Bonchev–Trinajstić information content (AvgIpc) is 3.58. The molecule has 2 aromatic rings. The van der Waals surface area contributed by atoms with Crippen LogP contribution in [0.25, 0.3) is 5.70 Å². The fourth-order valence-corrected chi connectivity index (χ4v) is 6.53. The number of thiazole rings is 1. The summed E-state index contributed by atoms with van der Waals surface area (Å²) in [5, 5.41) is 15.4. The lowest BCUT2D eigenvalue weighted by atomic mass is 9.86. The Labute approximate surface area is 252 Å². The Kier molecular flexibility index (Phi) is 8.58. The van der Waals surface area contributed by atoms with E-state index in [9.17, 15) is 23.9 Å². The molecule has 0 saturated carbocycles. The Balaban J connectivity index is 1.45. The molecule has 10 nitrogen and oxygen atoms in total. The van der Waals surface area contributed by atoms with Gasteiger partial charge in [-0.05, 0) is 38.5 Å². The average molecular weight is 618 g/mol. The number of carboxylic acid groups (broad SMARTS) is 1. The molecular weight excluding hydrogens is 585 g/mol. The molecule has 0 spiro atoms. The number of piperazine rings is 1. The van der Waals surface area contributed by atoms with Gasteiger partial charge in [0.15, 0.2) is 0 Å². The molecule has 2 atom stereocenters. The molecule has 42 heavy (non-hydrogen) atoms. The summed E-state index contributed by atoms with van der Waals surface area (Å²) >= 11 is 7.87. The van der Waals surface area contributed by atoms with Gasteiger partial charge < -0.3 is 25.0 Å². The number of halogens is 2. The number of nitrogens with zero attached hydrogens (tertiary/aromatic N) is 4. The lowest BCUT2D eigenvalue weighted by molar-refractivity contribution is -0.147. The molecular formula is C29H33ClFN5O5S. The normalized spacial score (nSPS) is 21.3. The highest BCUT2D eigenvalue weighted by Crippen LogP contribution is 2.40. The van der Waals surface area contributed by atoms with Gasteiger partial charge in [-0.25, -0.2) is 19.0 Å². The molecule has 1 unspecified atom stereocenters. The van der Waals surface area contributed by atoms with Gasteiger partial charge in [0, 0.05) is 62.5 Å². The quantitative estimate of drug-likeness (QED) is 0.406. The Hall–Kier alpha value is -3.48. The van der Waals surface area contributed by atoms with Gasteiger partial charge in [0.25, 0.3) is 0 Å². The minimum Gasteiger partial charge on any atom is -0.481 e. The molecule has 3 aliphatic heterocycles. The number of allylic oxidation sites excluding steroid dienone is 1. The van der Waals surface area contributed by atoms with Gasteiger partial charge in [-0.15, -0.1) is 11.3 Å². The van der Waals surface area contributed by atoms with Crippen molar-refractivity contribution < 1.29 is 28.6 Å². The number of amides is 2. The number of carbonyl (C=O) groups is 3. The SMILES string of the molecule is CCOC(=O)C1=C(CN2CCN3C(=O)N(CC(C)(C)C(=O)O)CC3C2)NC(c2nccs2)=C[C@H]1c1cccc(F)c1Cl. The molecule has 0 radical (unpaired) electrons. The van der Waals surface area contributed by atoms with Crippen LogP contribution < -0.4 is 5.32 Å². The van der Waals surface area contributed by atoms with Crippen molar-refractivity contribution in [2.24, 2.45) is 5.41 Å². The summed E-state index contributed by atoms with van der Waals surface area (Å²) in [5.41, 5.74) is 0.972. The first-order valence-corrected chi connectivity index (χ1v) is 15.0. The van der Waals surface area contributed by atoms with Gasteiger partial charge in [-0.3, -0.25) is 9.69 Å². The van der Waals surface area contributed by atoms with Gasteiger partial charge >= 0.3 is 18.0 Å². The number of ether oxygens (including phenoxy) is 1. The number of hydrogen-bond donors (Lipinski definition) is 2. The molecule has 1 aromatic carbocycles. The van der Waals surface area contributed by atoms with Crippen LogP contribution in [0.2, 0.25) is 5.02 Å². The van der Waals surface area contributed by atoms with E-state index in [0.717, 1.165) is 0 Å². The second kappa shape index (κ2) is 12.0. The van der Waals surface area contributed by atoms with E-state index in [1.54, 1.807) is 48.9 Å². The van der Waals surface area contributed by atoms with Crippen LogP contribution in [0.15, 0.2) is 47.1 Å². The topological polar surface area (TPSA) is 115 Å². The van der Waals surface area contributed by atoms with Crippen molar-refractivity contribution in [2.45, 2.75) is 32.7 Å². The summed E-state index contributed by atoms with van der Waals surface area (Å²) < 4.78 is 20.1. The Morgan fingerprint density at radius 3 is 2.76 bits per heavy atom. The van der Waals surface area contributed by atoms with Crippen LogP contribution in [-0.4, -0.2) is 94.7 Å². The number of rotatable bonds is 9. The lowest BCUT2D eigenvalue weighted by Crippen LogP contribution is -2.53. The maximum atomic E-state index is 14.6. The third-order valence-electron chi connectivity index (χ3n) is 7.79. The van der Waals surface area contributed by atoms with Crippen molar-refractivity contribution >= 4 is 46.6 Å². The number of esters is 1. The van der Waals surface area contributed by atoms with E-state index in [1.807, 2.05) is 11.5 Å². The van der Waals surface area contributed by atoms with Gasteiger partial charge in [-0.1, -0.05) is 23.7 Å². The summed E-state index contributed by atoms with van der Waals surface area (Å²) in [6.07, 6.45) is 3.51. The molecule has 3 aliphatic rings. The zero-order valence-corrected chi connectivity index (χ0v) is 25.2. The first-order chi connectivity index (χ1) is 20.0. The fourth-order valence-electron chi connectivity index (χ4n) is 5.67. The molecule has 224 valence electrons. The minimum atomic E-state index is -1.07. The van der Waals surface area contributed by atoms with Crippen molar-refractivity contribution in [3.05, 3.63) is 68.5 Å². The van der Waals surface area contributed by atoms with E-state index in [-0.39, 0.29) is 30.2 Å². The van der Waals surface area contributed by atoms with Crippen molar-refractivity contribution in [1.29, 1.82) is 0 Å². The highest BCUT2D eigenvalue weighted by Gasteiger charge is 2.44. The number of carboxylic acids is 1. The zero-order chi connectivity index (χ0) is 30.2. The zero-order valence-electron chi connectivity index (χ0n) is 23.6. The van der Waals surface area contributed by atoms with E-state index >= 15 is 0 Å². The van der Waals surface area contributed by atoms with Gasteiger partial charge in [0.1, 0.15) is 10.8 Å². The van der Waals surface area contributed by atoms with E-state index in [0.29, 0.717) is 60.3 Å². The first kappa shape index (κ1) is 30.0. The van der Waals surface area contributed by atoms with Gasteiger partial charge in [0.05, 0.1) is 34.4 Å². The van der Waals surface area contributed by atoms with E-state index < -0.39 is 29.1 Å². The van der Waals surface area contributed by atoms with E-state index in [1.165, 1.54) is 17.4 Å². The largest absolute Gasteiger partial charge is 0.481 e. The van der Waals surface area contributed by atoms with Gasteiger partial charge in [0.2, 0.25) is 0 Å². The van der Waals surface area contributed by atoms with Crippen molar-refractivity contribution in [2.75, 3.05) is 45.9 Å². The highest BCUT2D eigenvalue weighted by atomic mass is 35.5. The van der Waals surface area contributed by atoms with Crippen molar-refractivity contribution in [3.63, 3.8) is 0 Å². The van der Waals surface area contributed by atoms with Crippen LogP contribution in [0.1, 0.15) is 37.3 Å². The molecule has 2 saturated heterocycles. The van der Waals surface area contributed by atoms with Gasteiger partial charge in [-0.2, -0.15) is 0 Å². The molecule has 13 heteroatoms. The van der Waals surface area contributed by atoms with Crippen LogP contribution in [0.5, 0.6) is 0 Å².